The molecular formula is C22H27N5O. The van der Waals surface area contributed by atoms with E-state index in [2.05, 4.69) is 40.9 Å². The molecule has 0 unspecified atom stereocenters. The zero-order valence-corrected chi connectivity index (χ0v) is 17.0. The van der Waals surface area contributed by atoms with Crippen molar-refractivity contribution in [2.24, 2.45) is 0 Å². The SMILES string of the molecule is Cc1cc(C)n(Cc2ccc(C(=O)N3CC[C@@H](n4nc(C)cc4C)C3)cc2)n1. The van der Waals surface area contributed by atoms with Gasteiger partial charge in [-0.2, -0.15) is 10.2 Å². The topological polar surface area (TPSA) is 56.0 Å². The van der Waals surface area contributed by atoms with Crippen LogP contribution in [-0.4, -0.2) is 43.5 Å². The second-order valence-corrected chi connectivity index (χ2v) is 7.85. The molecule has 1 aliphatic rings. The zero-order valence-electron chi connectivity index (χ0n) is 17.0. The molecule has 0 saturated carbocycles. The number of aromatic nitrogens is 4. The third-order valence-corrected chi connectivity index (χ3v) is 5.48. The summed E-state index contributed by atoms with van der Waals surface area (Å²) in [5.41, 5.74) is 6.24. The van der Waals surface area contributed by atoms with Crippen LogP contribution >= 0.6 is 0 Å². The fourth-order valence-corrected chi connectivity index (χ4v) is 4.08. The van der Waals surface area contributed by atoms with E-state index in [-0.39, 0.29) is 11.9 Å². The number of aryl methyl sites for hydroxylation is 4. The highest BCUT2D eigenvalue weighted by Gasteiger charge is 2.29. The Morgan fingerprint density at radius 2 is 1.68 bits per heavy atom. The summed E-state index contributed by atoms with van der Waals surface area (Å²) in [7, 11) is 0. The smallest absolute Gasteiger partial charge is 0.253 e. The van der Waals surface area contributed by atoms with Gasteiger partial charge in [-0.1, -0.05) is 12.1 Å². The number of carbonyl (C=O) groups excluding carboxylic acids is 1. The summed E-state index contributed by atoms with van der Waals surface area (Å²) >= 11 is 0. The number of nitrogens with zero attached hydrogens (tertiary/aromatic N) is 5. The molecule has 28 heavy (non-hydrogen) atoms. The first-order valence-electron chi connectivity index (χ1n) is 9.83. The molecule has 6 nitrogen and oxygen atoms in total. The first-order valence-corrected chi connectivity index (χ1v) is 9.83. The third kappa shape index (κ3) is 3.59. The predicted molar refractivity (Wildman–Crippen MR) is 109 cm³/mol. The van der Waals surface area contributed by atoms with E-state index >= 15 is 0 Å². The molecule has 3 heterocycles. The van der Waals surface area contributed by atoms with E-state index < -0.39 is 0 Å². The molecule has 146 valence electrons. The van der Waals surface area contributed by atoms with Gasteiger partial charge in [0.15, 0.2) is 0 Å². The van der Waals surface area contributed by atoms with Gasteiger partial charge in [0.2, 0.25) is 0 Å². The fraction of sp³-hybridized carbons (Fsp3) is 0.409. The lowest BCUT2D eigenvalue weighted by Gasteiger charge is -2.18. The Bertz CT molecular complexity index is 999. The van der Waals surface area contributed by atoms with Gasteiger partial charge < -0.3 is 4.90 Å². The number of rotatable bonds is 4. The van der Waals surface area contributed by atoms with Crippen LogP contribution in [0.15, 0.2) is 36.4 Å². The number of hydrogen-bond donors (Lipinski definition) is 0. The quantitative estimate of drug-likeness (QED) is 0.700. The monoisotopic (exact) mass is 377 g/mol. The molecular weight excluding hydrogens is 350 g/mol. The first-order chi connectivity index (χ1) is 13.4. The van der Waals surface area contributed by atoms with Gasteiger partial charge in [-0.25, -0.2) is 0 Å². The van der Waals surface area contributed by atoms with E-state index in [1.54, 1.807) is 0 Å². The zero-order chi connectivity index (χ0) is 19.8. The molecule has 0 N–H and O–H groups in total. The van der Waals surface area contributed by atoms with E-state index in [1.165, 1.54) is 0 Å². The van der Waals surface area contributed by atoms with Gasteiger partial charge in [0, 0.05) is 30.0 Å². The summed E-state index contributed by atoms with van der Waals surface area (Å²) < 4.78 is 4.06. The molecule has 0 bridgehead atoms. The minimum absolute atomic E-state index is 0.0988. The number of likely N-dealkylation sites (tertiary alicyclic amines) is 1. The summed E-state index contributed by atoms with van der Waals surface area (Å²) in [6.07, 6.45) is 0.948. The van der Waals surface area contributed by atoms with E-state index in [9.17, 15) is 4.79 Å². The van der Waals surface area contributed by atoms with Crippen molar-refractivity contribution in [3.05, 3.63) is 70.3 Å². The maximum Gasteiger partial charge on any atom is 0.253 e. The summed E-state index contributed by atoms with van der Waals surface area (Å²) in [6, 6.07) is 12.3. The number of amides is 1. The molecule has 1 aromatic carbocycles. The number of benzene rings is 1. The normalized spacial score (nSPS) is 16.7. The van der Waals surface area contributed by atoms with Crippen LogP contribution in [0, 0.1) is 27.7 Å². The summed E-state index contributed by atoms with van der Waals surface area (Å²) in [6.45, 7) is 10.4. The van der Waals surface area contributed by atoms with Crippen LogP contribution in [0.3, 0.4) is 0 Å². The van der Waals surface area contributed by atoms with Crippen molar-refractivity contribution in [3.8, 4) is 0 Å². The van der Waals surface area contributed by atoms with Gasteiger partial charge in [0.25, 0.3) is 5.91 Å². The van der Waals surface area contributed by atoms with Gasteiger partial charge in [0.1, 0.15) is 0 Å². The van der Waals surface area contributed by atoms with Crippen LogP contribution in [0.4, 0.5) is 0 Å². The maximum absolute atomic E-state index is 12.9. The average Bonchev–Trinajstić information content (AvgIpc) is 3.34. The molecule has 2 aromatic heterocycles. The summed E-state index contributed by atoms with van der Waals surface area (Å²) in [4.78, 5) is 14.9. The molecule has 4 rings (SSSR count). The lowest BCUT2D eigenvalue weighted by molar-refractivity contribution is 0.0787. The lowest BCUT2D eigenvalue weighted by atomic mass is 10.1. The minimum atomic E-state index is 0.0988. The van der Waals surface area contributed by atoms with Gasteiger partial charge >= 0.3 is 0 Å². The van der Waals surface area contributed by atoms with Gasteiger partial charge in [-0.15, -0.1) is 0 Å². The molecule has 0 radical (unpaired) electrons. The van der Waals surface area contributed by atoms with Crippen LogP contribution in [0.25, 0.3) is 0 Å². The molecule has 1 aliphatic heterocycles. The fourth-order valence-electron chi connectivity index (χ4n) is 4.08. The largest absolute Gasteiger partial charge is 0.336 e. The number of hydrogen-bond acceptors (Lipinski definition) is 3. The molecule has 3 aromatic rings. The highest BCUT2D eigenvalue weighted by Crippen LogP contribution is 2.24. The van der Waals surface area contributed by atoms with Crippen molar-refractivity contribution in [1.82, 2.24) is 24.5 Å². The standard InChI is InChI=1S/C22H27N5O/c1-15-11-17(3)26(23-15)13-19-5-7-20(8-6-19)22(28)25-10-9-21(14-25)27-18(4)12-16(2)24-27/h5-8,11-12,21H,9-10,13-14H2,1-4H3/t21-/m1/s1. The Hall–Kier alpha value is -2.89. The first kappa shape index (κ1) is 18.5. The Morgan fingerprint density at radius 3 is 2.29 bits per heavy atom. The van der Waals surface area contributed by atoms with Crippen molar-refractivity contribution in [2.75, 3.05) is 13.1 Å². The van der Waals surface area contributed by atoms with E-state index in [4.69, 9.17) is 0 Å². The van der Waals surface area contributed by atoms with Crippen molar-refractivity contribution >= 4 is 5.91 Å². The molecule has 1 amide bonds. The maximum atomic E-state index is 12.9. The average molecular weight is 377 g/mol. The van der Waals surface area contributed by atoms with Gasteiger partial charge in [-0.05, 0) is 63.9 Å². The van der Waals surface area contributed by atoms with Crippen molar-refractivity contribution in [1.29, 1.82) is 0 Å². The Morgan fingerprint density at radius 1 is 1.00 bits per heavy atom. The van der Waals surface area contributed by atoms with Gasteiger partial charge in [0.05, 0.1) is 24.0 Å². The molecule has 0 spiro atoms. The van der Waals surface area contributed by atoms with Crippen LogP contribution < -0.4 is 0 Å². The third-order valence-electron chi connectivity index (χ3n) is 5.48. The summed E-state index contributed by atoms with van der Waals surface area (Å²) in [5.74, 6) is 0.0988. The van der Waals surface area contributed by atoms with Crippen molar-refractivity contribution < 1.29 is 4.79 Å². The highest BCUT2D eigenvalue weighted by molar-refractivity contribution is 5.94. The number of carbonyl (C=O) groups is 1. The second kappa shape index (κ2) is 7.26. The van der Waals surface area contributed by atoms with Gasteiger partial charge in [-0.3, -0.25) is 14.2 Å². The highest BCUT2D eigenvalue weighted by atomic mass is 16.2. The Labute approximate surface area is 165 Å². The predicted octanol–water partition coefficient (Wildman–Crippen LogP) is 3.45. The van der Waals surface area contributed by atoms with Crippen molar-refractivity contribution in [3.63, 3.8) is 0 Å². The summed E-state index contributed by atoms with van der Waals surface area (Å²) in [5, 5.41) is 9.09. The van der Waals surface area contributed by atoms with E-state index in [1.807, 2.05) is 47.7 Å². The van der Waals surface area contributed by atoms with E-state index in [0.29, 0.717) is 6.54 Å². The molecule has 6 heteroatoms. The van der Waals surface area contributed by atoms with Crippen LogP contribution in [0.5, 0.6) is 0 Å². The van der Waals surface area contributed by atoms with Crippen LogP contribution in [-0.2, 0) is 6.54 Å². The van der Waals surface area contributed by atoms with E-state index in [0.717, 1.165) is 53.4 Å². The molecule has 0 aliphatic carbocycles. The molecule has 1 fully saturated rings. The van der Waals surface area contributed by atoms with Crippen LogP contribution in [0.1, 0.15) is 51.2 Å². The van der Waals surface area contributed by atoms with Crippen molar-refractivity contribution in [2.45, 2.75) is 46.7 Å². The minimum Gasteiger partial charge on any atom is -0.336 e. The molecule has 1 atom stereocenters. The Kier molecular flexibility index (Phi) is 4.79. The van der Waals surface area contributed by atoms with Crippen LogP contribution in [0.2, 0.25) is 0 Å². The second-order valence-electron chi connectivity index (χ2n) is 7.85. The molecule has 1 saturated heterocycles. The Balaban J connectivity index is 1.42. The lowest BCUT2D eigenvalue weighted by Crippen LogP contribution is -2.29.